The summed E-state index contributed by atoms with van der Waals surface area (Å²) < 4.78 is 47.2. The molecule has 4 rings (SSSR count). The number of pyridine rings is 1. The maximum absolute atomic E-state index is 14.1. The summed E-state index contributed by atoms with van der Waals surface area (Å²) in [5.74, 6) is -5.14. The summed E-state index contributed by atoms with van der Waals surface area (Å²) in [7, 11) is 1.37. The topological polar surface area (TPSA) is 113 Å². The minimum atomic E-state index is -3.15. The number of rotatable bonds is 9. The van der Waals surface area contributed by atoms with Gasteiger partial charge in [-0.1, -0.05) is 35.9 Å². The highest BCUT2D eigenvalue weighted by molar-refractivity contribution is 6.30. The Morgan fingerprint density at radius 3 is 2.60 bits per heavy atom. The largest absolute Gasteiger partial charge is 0.382 e. The summed E-state index contributed by atoms with van der Waals surface area (Å²) >= 11 is 5.93. The van der Waals surface area contributed by atoms with Gasteiger partial charge in [-0.2, -0.15) is 0 Å². The molecule has 210 valence electrons. The third-order valence-corrected chi connectivity index (χ3v) is 6.42. The van der Waals surface area contributed by atoms with E-state index in [0.717, 1.165) is 11.0 Å². The minimum absolute atomic E-state index is 0.0138. The Labute approximate surface area is 232 Å². The number of halogens is 4. The molecule has 2 atom stereocenters. The number of methoxy groups -OCH3 is 1. The van der Waals surface area contributed by atoms with E-state index in [-0.39, 0.29) is 28.6 Å². The number of nitrogens with one attached hydrogen (secondary N) is 3. The van der Waals surface area contributed by atoms with Crippen LogP contribution >= 0.6 is 11.6 Å². The van der Waals surface area contributed by atoms with Crippen molar-refractivity contribution in [3.05, 3.63) is 94.4 Å². The van der Waals surface area contributed by atoms with Crippen LogP contribution in [0.4, 0.5) is 23.8 Å². The van der Waals surface area contributed by atoms with Crippen LogP contribution in [-0.2, 0) is 9.53 Å². The van der Waals surface area contributed by atoms with Crippen molar-refractivity contribution in [3.63, 3.8) is 0 Å². The average molecular weight is 576 g/mol. The molecular formula is C27H25ClF3N5O4. The minimum Gasteiger partial charge on any atom is -0.382 e. The summed E-state index contributed by atoms with van der Waals surface area (Å²) in [6.07, 6.45) is 1.33. The fourth-order valence-electron chi connectivity index (χ4n) is 4.18. The Balaban J connectivity index is 1.61. The number of hydrogen-bond acceptors (Lipinski definition) is 5. The third kappa shape index (κ3) is 6.88. The van der Waals surface area contributed by atoms with E-state index in [1.54, 1.807) is 30.3 Å². The lowest BCUT2D eigenvalue weighted by Crippen LogP contribution is -2.58. The zero-order chi connectivity index (χ0) is 28.9. The molecule has 2 heterocycles. The van der Waals surface area contributed by atoms with Gasteiger partial charge in [-0.15, -0.1) is 0 Å². The highest BCUT2D eigenvalue weighted by Gasteiger charge is 2.42. The van der Waals surface area contributed by atoms with Gasteiger partial charge in [-0.3, -0.25) is 9.59 Å². The van der Waals surface area contributed by atoms with Crippen molar-refractivity contribution in [2.24, 2.45) is 0 Å². The monoisotopic (exact) mass is 575 g/mol. The van der Waals surface area contributed by atoms with Gasteiger partial charge in [0.2, 0.25) is 0 Å². The quantitative estimate of drug-likeness (QED) is 0.352. The van der Waals surface area contributed by atoms with Crippen molar-refractivity contribution in [2.45, 2.75) is 18.0 Å². The standard InChI is InChI=1S/C27H25ClF3N5O4/c1-40-13-21(36-15-27(30,31)14-33-26(36)39)17-9-10-32-22(12-17)34-25(38)23(18-7-8-20(29)19(28)11-18)35-24(37)16-5-3-2-4-6-16/h2-12,21,23H,13-15H2,1H3,(H,33,39)(H,35,37)(H,32,34,38)/t21-,23+/m1/s1. The van der Waals surface area contributed by atoms with Crippen LogP contribution in [0.5, 0.6) is 0 Å². The van der Waals surface area contributed by atoms with Gasteiger partial charge < -0.3 is 25.6 Å². The molecule has 0 aliphatic carbocycles. The maximum Gasteiger partial charge on any atom is 0.318 e. The van der Waals surface area contributed by atoms with Crippen molar-refractivity contribution in [2.75, 3.05) is 32.1 Å². The van der Waals surface area contributed by atoms with E-state index >= 15 is 0 Å². The zero-order valence-electron chi connectivity index (χ0n) is 21.2. The number of alkyl halides is 2. The lowest BCUT2D eigenvalue weighted by atomic mass is 10.0. The Morgan fingerprint density at radius 2 is 1.90 bits per heavy atom. The molecule has 40 heavy (non-hydrogen) atoms. The van der Waals surface area contributed by atoms with Gasteiger partial charge in [0.25, 0.3) is 17.7 Å². The molecule has 9 nitrogen and oxygen atoms in total. The first-order chi connectivity index (χ1) is 19.1. The van der Waals surface area contributed by atoms with Crippen molar-refractivity contribution < 1.29 is 32.3 Å². The van der Waals surface area contributed by atoms with E-state index in [4.69, 9.17) is 16.3 Å². The zero-order valence-corrected chi connectivity index (χ0v) is 21.9. The lowest BCUT2D eigenvalue weighted by molar-refractivity contribution is -0.118. The second-order valence-corrected chi connectivity index (χ2v) is 9.43. The van der Waals surface area contributed by atoms with E-state index in [2.05, 4.69) is 20.9 Å². The molecule has 0 bridgehead atoms. The molecule has 3 N–H and O–H groups in total. The summed E-state index contributed by atoms with van der Waals surface area (Å²) in [6, 6.07) is 11.8. The van der Waals surface area contributed by atoms with Crippen LogP contribution < -0.4 is 16.0 Å². The third-order valence-electron chi connectivity index (χ3n) is 6.13. The van der Waals surface area contributed by atoms with Gasteiger partial charge >= 0.3 is 6.03 Å². The average Bonchev–Trinajstić information content (AvgIpc) is 2.94. The number of amides is 4. The highest BCUT2D eigenvalue weighted by Crippen LogP contribution is 2.29. The molecule has 1 saturated heterocycles. The molecule has 0 radical (unpaired) electrons. The predicted molar refractivity (Wildman–Crippen MR) is 141 cm³/mol. The second-order valence-electron chi connectivity index (χ2n) is 9.02. The lowest BCUT2D eigenvalue weighted by Gasteiger charge is -2.38. The molecular weight excluding hydrogens is 551 g/mol. The molecule has 0 saturated carbocycles. The van der Waals surface area contributed by atoms with Crippen molar-refractivity contribution >= 4 is 35.3 Å². The smallest absolute Gasteiger partial charge is 0.318 e. The summed E-state index contributed by atoms with van der Waals surface area (Å²) in [6.45, 7) is -1.70. The Hall–Kier alpha value is -4.16. The number of hydrogen-bond donors (Lipinski definition) is 3. The molecule has 13 heteroatoms. The van der Waals surface area contributed by atoms with Crippen LogP contribution in [0.1, 0.15) is 33.6 Å². The molecule has 3 aromatic rings. The van der Waals surface area contributed by atoms with Crippen molar-refractivity contribution in [3.8, 4) is 0 Å². The van der Waals surface area contributed by atoms with Crippen LogP contribution in [0.2, 0.25) is 5.02 Å². The van der Waals surface area contributed by atoms with E-state index in [9.17, 15) is 27.6 Å². The van der Waals surface area contributed by atoms with Gasteiger partial charge in [0.1, 0.15) is 17.7 Å². The molecule has 2 aromatic carbocycles. The molecule has 1 fully saturated rings. The number of benzene rings is 2. The van der Waals surface area contributed by atoms with Crippen LogP contribution in [0.15, 0.2) is 66.9 Å². The fourth-order valence-corrected chi connectivity index (χ4v) is 4.37. The fraction of sp³-hybridized carbons (Fsp3) is 0.259. The van der Waals surface area contributed by atoms with Crippen LogP contribution in [-0.4, -0.2) is 60.5 Å². The second kappa shape index (κ2) is 12.3. The first-order valence-corrected chi connectivity index (χ1v) is 12.4. The number of carbonyl (C=O) groups excluding carboxylic acids is 3. The molecule has 0 spiro atoms. The van der Waals surface area contributed by atoms with Gasteiger partial charge in [-0.05, 0) is 47.5 Å². The summed E-state index contributed by atoms with van der Waals surface area (Å²) in [5, 5.41) is 7.13. The first kappa shape index (κ1) is 28.8. The van der Waals surface area contributed by atoms with Crippen LogP contribution in [0.25, 0.3) is 0 Å². The van der Waals surface area contributed by atoms with E-state index < -0.39 is 54.8 Å². The van der Waals surface area contributed by atoms with E-state index in [1.807, 2.05) is 0 Å². The van der Waals surface area contributed by atoms with Gasteiger partial charge in [0.15, 0.2) is 0 Å². The molecule has 1 aliphatic heterocycles. The van der Waals surface area contributed by atoms with Gasteiger partial charge in [0.05, 0.1) is 30.8 Å². The molecule has 4 amide bonds. The van der Waals surface area contributed by atoms with E-state index in [1.165, 1.54) is 37.6 Å². The number of aromatic nitrogens is 1. The van der Waals surface area contributed by atoms with E-state index in [0.29, 0.717) is 5.56 Å². The number of carbonyl (C=O) groups is 3. The van der Waals surface area contributed by atoms with Crippen LogP contribution in [0.3, 0.4) is 0 Å². The maximum atomic E-state index is 14.1. The van der Waals surface area contributed by atoms with Gasteiger partial charge in [-0.25, -0.2) is 22.9 Å². The molecule has 0 unspecified atom stereocenters. The van der Waals surface area contributed by atoms with Crippen LogP contribution in [0, 0.1) is 5.82 Å². The summed E-state index contributed by atoms with van der Waals surface area (Å²) in [5.41, 5.74) is 0.858. The SMILES string of the molecule is COC[C@H](c1ccnc(NC(=O)[C@@H](NC(=O)c2ccccc2)c2ccc(F)c(Cl)c2)c1)N1CC(F)(F)CNC1=O. The Kier molecular flexibility index (Phi) is 8.90. The Bertz CT molecular complexity index is 1400. The molecule has 1 aromatic heterocycles. The highest BCUT2D eigenvalue weighted by atomic mass is 35.5. The number of anilines is 1. The number of nitrogens with zero attached hydrogens (tertiary/aromatic N) is 2. The van der Waals surface area contributed by atoms with Gasteiger partial charge in [0, 0.05) is 18.9 Å². The Morgan fingerprint density at radius 1 is 1.15 bits per heavy atom. The normalized spacial score (nSPS) is 16.0. The summed E-state index contributed by atoms with van der Waals surface area (Å²) in [4.78, 5) is 43.8. The number of urea groups is 1. The first-order valence-electron chi connectivity index (χ1n) is 12.1. The number of ether oxygens (including phenoxy) is 1. The predicted octanol–water partition coefficient (Wildman–Crippen LogP) is 4.33. The molecule has 1 aliphatic rings. The van der Waals surface area contributed by atoms with Crippen molar-refractivity contribution in [1.29, 1.82) is 0 Å². The van der Waals surface area contributed by atoms with Crippen molar-refractivity contribution in [1.82, 2.24) is 20.5 Å².